The van der Waals surface area contributed by atoms with Gasteiger partial charge in [-0.1, -0.05) is 12.1 Å². The zero-order valence-corrected chi connectivity index (χ0v) is 9.24. The maximum atomic E-state index is 12.0. The third kappa shape index (κ3) is 4.61. The molecule has 0 aliphatic rings. The van der Waals surface area contributed by atoms with Crippen LogP contribution in [0.2, 0.25) is 0 Å². The molecule has 1 aromatic rings. The number of hydrogen-bond acceptors (Lipinski definition) is 4. The molecule has 0 saturated carbocycles. The maximum Gasteiger partial charge on any atom is 0.573 e. The molecule has 18 heavy (non-hydrogen) atoms. The molecule has 1 rings (SSSR count). The third-order valence-electron chi connectivity index (χ3n) is 2.01. The average molecular weight is 260 g/mol. The molecule has 0 aliphatic heterocycles. The summed E-state index contributed by atoms with van der Waals surface area (Å²) in [6.45, 7) is -0.000492. The second-order valence-corrected chi connectivity index (χ2v) is 3.36. The van der Waals surface area contributed by atoms with Crippen molar-refractivity contribution in [2.75, 3.05) is 13.2 Å². The molecule has 0 fully saturated rings. The van der Waals surface area contributed by atoms with Gasteiger partial charge in [0, 0.05) is 6.54 Å². The van der Waals surface area contributed by atoms with Crippen molar-refractivity contribution in [3.63, 3.8) is 0 Å². The lowest BCUT2D eigenvalue weighted by atomic mass is 10.1. The first-order valence-corrected chi connectivity index (χ1v) is 5.06. The first-order chi connectivity index (χ1) is 8.46. The van der Waals surface area contributed by atoms with E-state index >= 15 is 0 Å². The van der Waals surface area contributed by atoms with Crippen LogP contribution in [0, 0.1) is 11.3 Å². The van der Waals surface area contributed by atoms with E-state index < -0.39 is 12.4 Å². The number of rotatable bonds is 5. The molecule has 0 aromatic heterocycles. The van der Waals surface area contributed by atoms with Gasteiger partial charge in [0.1, 0.15) is 11.8 Å². The Bertz CT molecular complexity index is 429. The summed E-state index contributed by atoms with van der Waals surface area (Å²) in [5.74, 6) is -0.383. The fourth-order valence-electron chi connectivity index (χ4n) is 1.34. The van der Waals surface area contributed by atoms with Crippen molar-refractivity contribution in [3.8, 4) is 11.8 Å². The van der Waals surface area contributed by atoms with E-state index in [1.165, 1.54) is 12.1 Å². The van der Waals surface area contributed by atoms with Crippen LogP contribution >= 0.6 is 0 Å². The number of halogens is 3. The summed E-state index contributed by atoms with van der Waals surface area (Å²) in [6.07, 6.45) is -4.76. The van der Waals surface area contributed by atoms with Gasteiger partial charge in [-0.2, -0.15) is 5.26 Å². The van der Waals surface area contributed by atoms with Gasteiger partial charge >= 0.3 is 6.36 Å². The Kier molecular flexibility index (Phi) is 4.95. The summed E-state index contributed by atoms with van der Waals surface area (Å²) in [4.78, 5) is 0. The van der Waals surface area contributed by atoms with E-state index in [-0.39, 0.29) is 18.9 Å². The molecule has 1 atom stereocenters. The smallest absolute Gasteiger partial charge is 0.406 e. The standard InChI is InChI=1S/C11H11F3N2O2/c12-11(13,14)18-9-3-1-2-8(6-9)10(7-15)16-4-5-17/h1-3,6,10,16-17H,4-5H2. The first-order valence-electron chi connectivity index (χ1n) is 5.06. The van der Waals surface area contributed by atoms with Crippen LogP contribution in [-0.4, -0.2) is 24.6 Å². The van der Waals surface area contributed by atoms with Crippen LogP contribution in [0.25, 0.3) is 0 Å². The Morgan fingerprint density at radius 2 is 2.17 bits per heavy atom. The normalized spacial score (nSPS) is 12.8. The van der Waals surface area contributed by atoms with Gasteiger partial charge in [0.15, 0.2) is 0 Å². The minimum atomic E-state index is -4.76. The van der Waals surface area contributed by atoms with Crippen LogP contribution in [0.5, 0.6) is 5.75 Å². The Morgan fingerprint density at radius 1 is 1.44 bits per heavy atom. The number of ether oxygens (including phenoxy) is 1. The fraction of sp³-hybridized carbons (Fsp3) is 0.364. The first kappa shape index (κ1) is 14.3. The molecule has 0 saturated heterocycles. The van der Waals surface area contributed by atoms with E-state index in [4.69, 9.17) is 10.4 Å². The van der Waals surface area contributed by atoms with E-state index in [2.05, 4.69) is 10.1 Å². The Balaban J connectivity index is 2.83. The quantitative estimate of drug-likeness (QED) is 0.846. The Hall–Kier alpha value is -1.78. The predicted octanol–water partition coefficient (Wildman–Crippen LogP) is 1.73. The molecule has 2 N–H and O–H groups in total. The number of aliphatic hydroxyl groups excluding tert-OH is 1. The Labute approximate surface area is 102 Å². The number of nitriles is 1. The van der Waals surface area contributed by atoms with Gasteiger partial charge in [-0.05, 0) is 17.7 Å². The summed E-state index contributed by atoms with van der Waals surface area (Å²) in [7, 11) is 0. The van der Waals surface area contributed by atoms with Gasteiger partial charge in [0.25, 0.3) is 0 Å². The van der Waals surface area contributed by atoms with Crippen LogP contribution in [-0.2, 0) is 0 Å². The number of aliphatic hydroxyl groups is 1. The second kappa shape index (κ2) is 6.23. The molecular weight excluding hydrogens is 249 g/mol. The molecule has 0 heterocycles. The zero-order chi connectivity index (χ0) is 13.6. The van der Waals surface area contributed by atoms with Gasteiger partial charge in [-0.15, -0.1) is 13.2 Å². The van der Waals surface area contributed by atoms with Crippen molar-refractivity contribution < 1.29 is 23.0 Å². The van der Waals surface area contributed by atoms with E-state index in [1.54, 1.807) is 0 Å². The molecule has 0 spiro atoms. The lowest BCUT2D eigenvalue weighted by molar-refractivity contribution is -0.274. The molecular formula is C11H11F3N2O2. The van der Waals surface area contributed by atoms with E-state index in [1.807, 2.05) is 6.07 Å². The number of nitrogens with one attached hydrogen (secondary N) is 1. The largest absolute Gasteiger partial charge is 0.573 e. The van der Waals surface area contributed by atoms with Crippen LogP contribution in [0.4, 0.5) is 13.2 Å². The highest BCUT2D eigenvalue weighted by atomic mass is 19.4. The lowest BCUT2D eigenvalue weighted by Gasteiger charge is -2.13. The topological polar surface area (TPSA) is 65.3 Å². The predicted molar refractivity (Wildman–Crippen MR) is 56.6 cm³/mol. The molecule has 4 nitrogen and oxygen atoms in total. The molecule has 0 amide bonds. The maximum absolute atomic E-state index is 12.0. The van der Waals surface area contributed by atoms with Gasteiger partial charge in [0.2, 0.25) is 0 Å². The van der Waals surface area contributed by atoms with Crippen molar-refractivity contribution in [1.29, 1.82) is 5.26 Å². The monoisotopic (exact) mass is 260 g/mol. The van der Waals surface area contributed by atoms with E-state index in [9.17, 15) is 13.2 Å². The molecule has 7 heteroatoms. The SMILES string of the molecule is N#CC(NCCO)c1cccc(OC(F)(F)F)c1. The third-order valence-corrected chi connectivity index (χ3v) is 2.01. The molecule has 0 radical (unpaired) electrons. The second-order valence-electron chi connectivity index (χ2n) is 3.36. The number of nitrogens with zero attached hydrogens (tertiary/aromatic N) is 1. The number of hydrogen-bond donors (Lipinski definition) is 2. The number of benzene rings is 1. The summed E-state index contributed by atoms with van der Waals surface area (Å²) in [5, 5.41) is 20.2. The van der Waals surface area contributed by atoms with Crippen LogP contribution in [0.15, 0.2) is 24.3 Å². The minimum Gasteiger partial charge on any atom is -0.406 e. The summed E-state index contributed by atoms with van der Waals surface area (Å²) in [6, 6.07) is 6.23. The molecule has 98 valence electrons. The zero-order valence-electron chi connectivity index (χ0n) is 9.24. The number of alkyl halides is 3. The lowest BCUT2D eigenvalue weighted by Crippen LogP contribution is -2.23. The van der Waals surface area contributed by atoms with Crippen molar-refractivity contribution in [1.82, 2.24) is 5.32 Å². The van der Waals surface area contributed by atoms with Crippen LogP contribution in [0.3, 0.4) is 0 Å². The molecule has 0 bridgehead atoms. The molecule has 1 aromatic carbocycles. The summed E-state index contributed by atoms with van der Waals surface area (Å²) in [5.41, 5.74) is 0.340. The highest BCUT2D eigenvalue weighted by molar-refractivity contribution is 5.33. The van der Waals surface area contributed by atoms with Gasteiger partial charge in [-0.3, -0.25) is 5.32 Å². The fourth-order valence-corrected chi connectivity index (χ4v) is 1.34. The van der Waals surface area contributed by atoms with E-state index in [0.717, 1.165) is 12.1 Å². The molecule has 1 unspecified atom stereocenters. The van der Waals surface area contributed by atoms with Gasteiger partial charge < -0.3 is 9.84 Å². The Morgan fingerprint density at radius 3 is 2.72 bits per heavy atom. The summed E-state index contributed by atoms with van der Waals surface area (Å²) >= 11 is 0. The van der Waals surface area contributed by atoms with E-state index in [0.29, 0.717) is 5.56 Å². The molecule has 0 aliphatic carbocycles. The highest BCUT2D eigenvalue weighted by Gasteiger charge is 2.31. The van der Waals surface area contributed by atoms with Crippen LogP contribution < -0.4 is 10.1 Å². The van der Waals surface area contributed by atoms with Crippen LogP contribution in [0.1, 0.15) is 11.6 Å². The van der Waals surface area contributed by atoms with Crippen molar-refractivity contribution in [2.45, 2.75) is 12.4 Å². The minimum absolute atomic E-state index is 0.169. The highest BCUT2D eigenvalue weighted by Crippen LogP contribution is 2.25. The van der Waals surface area contributed by atoms with Crippen molar-refractivity contribution in [3.05, 3.63) is 29.8 Å². The van der Waals surface area contributed by atoms with Gasteiger partial charge in [0.05, 0.1) is 12.7 Å². The summed E-state index contributed by atoms with van der Waals surface area (Å²) < 4.78 is 39.8. The average Bonchev–Trinajstić information content (AvgIpc) is 2.28. The van der Waals surface area contributed by atoms with Gasteiger partial charge in [-0.25, -0.2) is 0 Å². The van der Waals surface area contributed by atoms with Crippen molar-refractivity contribution >= 4 is 0 Å². The van der Waals surface area contributed by atoms with Crippen molar-refractivity contribution in [2.24, 2.45) is 0 Å².